The third-order valence-electron chi connectivity index (χ3n) is 2.99. The lowest BCUT2D eigenvalue weighted by atomic mass is 10.2. The molecule has 0 aliphatic rings. The minimum absolute atomic E-state index is 0.284. The Morgan fingerprint density at radius 3 is 2.68 bits per heavy atom. The molecule has 0 fully saturated rings. The molecule has 0 amide bonds. The molecule has 0 saturated carbocycles. The monoisotopic (exact) mass is 262 g/mol. The summed E-state index contributed by atoms with van der Waals surface area (Å²) in [5.41, 5.74) is 0.686. The number of rotatable bonds is 4. The van der Waals surface area contributed by atoms with Crippen LogP contribution in [0.25, 0.3) is 0 Å². The predicted octanol–water partition coefficient (Wildman–Crippen LogP) is 0.925. The number of nitrogens with zero attached hydrogens (tertiary/aromatic N) is 3. The van der Waals surface area contributed by atoms with Crippen molar-refractivity contribution >= 4 is 0 Å². The Balaban J connectivity index is 2.32. The highest BCUT2D eigenvalue weighted by molar-refractivity contribution is 5.07. The van der Waals surface area contributed by atoms with Gasteiger partial charge in [0.15, 0.2) is 0 Å². The van der Waals surface area contributed by atoms with Crippen molar-refractivity contribution in [1.29, 1.82) is 0 Å². The topological polar surface area (TPSA) is 72.7 Å². The Morgan fingerprint density at radius 1 is 1.37 bits per heavy atom. The van der Waals surface area contributed by atoms with E-state index in [1.807, 2.05) is 37.7 Å². The van der Waals surface area contributed by atoms with Crippen molar-refractivity contribution in [1.82, 2.24) is 19.3 Å². The SMILES string of the molecule is CCc1cn(Cc2ccn(C(C)C)n2)c(=O)[nH]c1=O. The first kappa shape index (κ1) is 13.3. The van der Waals surface area contributed by atoms with E-state index in [0.717, 1.165) is 5.69 Å². The summed E-state index contributed by atoms with van der Waals surface area (Å²) in [7, 11) is 0. The second-order valence-electron chi connectivity index (χ2n) is 4.78. The van der Waals surface area contributed by atoms with E-state index in [4.69, 9.17) is 0 Å². The van der Waals surface area contributed by atoms with Gasteiger partial charge < -0.3 is 0 Å². The molecule has 102 valence electrons. The molecule has 0 aliphatic carbocycles. The van der Waals surface area contributed by atoms with E-state index in [-0.39, 0.29) is 11.6 Å². The van der Waals surface area contributed by atoms with Crippen LogP contribution in [0.2, 0.25) is 0 Å². The zero-order valence-corrected chi connectivity index (χ0v) is 11.4. The van der Waals surface area contributed by atoms with Crippen LogP contribution in [-0.2, 0) is 13.0 Å². The van der Waals surface area contributed by atoms with Gasteiger partial charge >= 0.3 is 5.69 Å². The lowest BCUT2D eigenvalue weighted by molar-refractivity contribution is 0.522. The van der Waals surface area contributed by atoms with Gasteiger partial charge in [0, 0.05) is 24.0 Å². The van der Waals surface area contributed by atoms with Gasteiger partial charge in [-0.25, -0.2) is 4.79 Å². The van der Waals surface area contributed by atoms with E-state index in [1.165, 1.54) is 4.57 Å². The van der Waals surface area contributed by atoms with Gasteiger partial charge in [0.05, 0.1) is 12.2 Å². The molecular formula is C13H18N4O2. The first-order valence-electron chi connectivity index (χ1n) is 6.38. The Kier molecular flexibility index (Phi) is 3.69. The van der Waals surface area contributed by atoms with Crippen LogP contribution >= 0.6 is 0 Å². The minimum atomic E-state index is -0.402. The third kappa shape index (κ3) is 2.83. The van der Waals surface area contributed by atoms with E-state index < -0.39 is 5.69 Å². The number of aryl methyl sites for hydroxylation is 1. The van der Waals surface area contributed by atoms with Crippen LogP contribution in [0, 0.1) is 0 Å². The molecule has 0 spiro atoms. The summed E-state index contributed by atoms with van der Waals surface area (Å²) >= 11 is 0. The summed E-state index contributed by atoms with van der Waals surface area (Å²) in [5.74, 6) is 0. The molecule has 2 heterocycles. The van der Waals surface area contributed by atoms with Crippen molar-refractivity contribution in [2.75, 3.05) is 0 Å². The van der Waals surface area contributed by atoms with E-state index in [1.54, 1.807) is 6.20 Å². The second kappa shape index (κ2) is 5.26. The molecule has 19 heavy (non-hydrogen) atoms. The van der Waals surface area contributed by atoms with Crippen LogP contribution in [0.15, 0.2) is 28.0 Å². The Morgan fingerprint density at radius 2 is 2.11 bits per heavy atom. The first-order valence-corrected chi connectivity index (χ1v) is 6.38. The number of aromatic amines is 1. The smallest absolute Gasteiger partial charge is 0.294 e. The van der Waals surface area contributed by atoms with Gasteiger partial charge in [-0.1, -0.05) is 6.92 Å². The van der Waals surface area contributed by atoms with Crippen molar-refractivity contribution in [3.63, 3.8) is 0 Å². The van der Waals surface area contributed by atoms with Crippen molar-refractivity contribution in [3.8, 4) is 0 Å². The maximum Gasteiger partial charge on any atom is 0.328 e. The fourth-order valence-electron chi connectivity index (χ4n) is 1.85. The maximum absolute atomic E-state index is 11.7. The molecule has 2 rings (SSSR count). The first-order chi connectivity index (χ1) is 9.01. The van der Waals surface area contributed by atoms with E-state index in [2.05, 4.69) is 10.1 Å². The molecule has 0 bridgehead atoms. The molecule has 0 radical (unpaired) electrons. The van der Waals surface area contributed by atoms with Crippen molar-refractivity contribution in [3.05, 3.63) is 50.6 Å². The summed E-state index contributed by atoms with van der Waals surface area (Å²) in [6, 6.07) is 2.16. The Bertz CT molecular complexity index is 678. The molecule has 6 heteroatoms. The zero-order chi connectivity index (χ0) is 14.0. The fourth-order valence-corrected chi connectivity index (χ4v) is 1.85. The van der Waals surface area contributed by atoms with Crippen LogP contribution in [0.3, 0.4) is 0 Å². The van der Waals surface area contributed by atoms with E-state index in [0.29, 0.717) is 18.5 Å². The second-order valence-corrected chi connectivity index (χ2v) is 4.78. The lowest BCUT2D eigenvalue weighted by Gasteiger charge is -2.06. The molecule has 1 N–H and O–H groups in total. The number of hydrogen-bond acceptors (Lipinski definition) is 3. The highest BCUT2D eigenvalue weighted by Gasteiger charge is 2.06. The molecule has 0 aliphatic heterocycles. The predicted molar refractivity (Wildman–Crippen MR) is 72.4 cm³/mol. The molecule has 6 nitrogen and oxygen atoms in total. The molecule has 0 atom stereocenters. The van der Waals surface area contributed by atoms with Crippen LogP contribution < -0.4 is 11.2 Å². The molecule has 2 aromatic rings. The van der Waals surface area contributed by atoms with Crippen LogP contribution in [0.5, 0.6) is 0 Å². The number of nitrogens with one attached hydrogen (secondary N) is 1. The summed E-state index contributed by atoms with van der Waals surface area (Å²) in [4.78, 5) is 25.5. The normalized spacial score (nSPS) is 11.2. The average molecular weight is 262 g/mol. The third-order valence-corrected chi connectivity index (χ3v) is 2.99. The quantitative estimate of drug-likeness (QED) is 0.890. The number of hydrogen-bond donors (Lipinski definition) is 1. The summed E-state index contributed by atoms with van der Waals surface area (Å²) in [5, 5.41) is 4.39. The van der Waals surface area contributed by atoms with Crippen LogP contribution in [0.1, 0.15) is 38.1 Å². The molecule has 2 aromatic heterocycles. The van der Waals surface area contributed by atoms with Crippen molar-refractivity contribution in [2.24, 2.45) is 0 Å². The average Bonchev–Trinajstić information content (AvgIpc) is 2.81. The largest absolute Gasteiger partial charge is 0.328 e. The Hall–Kier alpha value is -2.11. The van der Waals surface area contributed by atoms with E-state index in [9.17, 15) is 9.59 Å². The van der Waals surface area contributed by atoms with E-state index >= 15 is 0 Å². The molecule has 0 saturated heterocycles. The minimum Gasteiger partial charge on any atom is -0.294 e. The molecule has 0 unspecified atom stereocenters. The highest BCUT2D eigenvalue weighted by Crippen LogP contribution is 2.05. The standard InChI is InChI=1S/C13H18N4O2/c1-4-10-7-16(13(19)14-12(10)18)8-11-5-6-17(15-11)9(2)3/h5-7,9H,4,8H2,1-3H3,(H,14,18,19). The lowest BCUT2D eigenvalue weighted by Crippen LogP contribution is -2.32. The number of H-pyrrole nitrogens is 1. The van der Waals surface area contributed by atoms with Gasteiger partial charge in [0.1, 0.15) is 0 Å². The van der Waals surface area contributed by atoms with Crippen molar-refractivity contribution < 1.29 is 0 Å². The molecule has 0 aromatic carbocycles. The maximum atomic E-state index is 11.7. The van der Waals surface area contributed by atoms with Crippen LogP contribution in [-0.4, -0.2) is 19.3 Å². The zero-order valence-electron chi connectivity index (χ0n) is 11.4. The van der Waals surface area contributed by atoms with Gasteiger partial charge in [-0.15, -0.1) is 0 Å². The van der Waals surface area contributed by atoms with Gasteiger partial charge in [-0.2, -0.15) is 5.10 Å². The van der Waals surface area contributed by atoms with Gasteiger partial charge in [-0.05, 0) is 26.3 Å². The highest BCUT2D eigenvalue weighted by atomic mass is 16.2. The number of aromatic nitrogens is 4. The van der Waals surface area contributed by atoms with Crippen molar-refractivity contribution in [2.45, 2.75) is 39.8 Å². The molecular weight excluding hydrogens is 244 g/mol. The van der Waals surface area contributed by atoms with Gasteiger partial charge in [0.2, 0.25) is 0 Å². The fraction of sp³-hybridized carbons (Fsp3) is 0.462. The summed E-state index contributed by atoms with van der Waals surface area (Å²) in [6.45, 7) is 6.32. The van der Waals surface area contributed by atoms with Gasteiger partial charge in [-0.3, -0.25) is 19.0 Å². The summed E-state index contributed by atoms with van der Waals surface area (Å²) in [6.07, 6.45) is 4.09. The summed E-state index contributed by atoms with van der Waals surface area (Å²) < 4.78 is 3.32. The van der Waals surface area contributed by atoms with Gasteiger partial charge in [0.25, 0.3) is 5.56 Å². The van der Waals surface area contributed by atoms with Crippen LogP contribution in [0.4, 0.5) is 0 Å². The Labute approximate surface area is 110 Å².